The van der Waals surface area contributed by atoms with E-state index in [2.05, 4.69) is 36.1 Å². The van der Waals surface area contributed by atoms with Crippen LogP contribution in [0.25, 0.3) is 0 Å². The molecule has 0 aromatic carbocycles. The van der Waals surface area contributed by atoms with Crippen LogP contribution in [0.1, 0.15) is 49.8 Å². The first-order valence-corrected chi connectivity index (χ1v) is 8.74. The Morgan fingerprint density at radius 2 is 2.42 bits per heavy atom. The zero-order valence-electron chi connectivity index (χ0n) is 11.8. The first-order chi connectivity index (χ1) is 9.40. The van der Waals surface area contributed by atoms with Gasteiger partial charge in [-0.25, -0.2) is 0 Å². The molecule has 19 heavy (non-hydrogen) atoms. The molecule has 1 aromatic heterocycles. The maximum absolute atomic E-state index is 4.69. The van der Waals surface area contributed by atoms with Crippen LogP contribution in [-0.2, 0) is 6.42 Å². The van der Waals surface area contributed by atoms with Gasteiger partial charge in [-0.05, 0) is 56.0 Å². The van der Waals surface area contributed by atoms with Crippen LogP contribution in [0, 0.1) is 0 Å². The second-order valence-corrected chi connectivity index (χ2v) is 7.07. The average Bonchev–Trinajstić information content (AvgIpc) is 3.09. The number of aryl methyl sites for hydroxylation is 1. The van der Waals surface area contributed by atoms with E-state index in [9.17, 15) is 0 Å². The van der Waals surface area contributed by atoms with Crippen molar-refractivity contribution in [3.05, 3.63) is 29.6 Å². The fourth-order valence-electron chi connectivity index (χ4n) is 3.52. The normalized spacial score (nSPS) is 27.4. The fourth-order valence-corrected chi connectivity index (χ4v) is 4.99. The molecular weight excluding hydrogens is 252 g/mol. The molecule has 2 nitrogen and oxygen atoms in total. The Balaban J connectivity index is 1.79. The minimum atomic E-state index is 0.628. The van der Waals surface area contributed by atoms with Crippen molar-refractivity contribution in [3.8, 4) is 0 Å². The molecule has 3 unspecified atom stereocenters. The van der Waals surface area contributed by atoms with E-state index in [0.717, 1.165) is 11.8 Å². The molecule has 3 atom stereocenters. The highest BCUT2D eigenvalue weighted by Gasteiger charge is 2.36. The van der Waals surface area contributed by atoms with Gasteiger partial charge >= 0.3 is 0 Å². The quantitative estimate of drug-likeness (QED) is 0.892. The van der Waals surface area contributed by atoms with Gasteiger partial charge in [0.25, 0.3) is 0 Å². The fraction of sp³-hybridized carbons (Fsp3) is 0.688. The standard InChI is InChI=1S/C16H24N2S/c1-2-9-17-16(14-6-4-11-19-14)13-8-7-12-5-3-10-18-15(12)13/h3,5,10,13-14,16-17H,2,4,6-9,11H2,1H3. The van der Waals surface area contributed by atoms with Crippen LogP contribution in [0.2, 0.25) is 0 Å². The number of hydrogen-bond donors (Lipinski definition) is 1. The summed E-state index contributed by atoms with van der Waals surface area (Å²) in [6.07, 6.45) is 8.46. The van der Waals surface area contributed by atoms with Crippen molar-refractivity contribution < 1.29 is 0 Å². The van der Waals surface area contributed by atoms with Crippen LogP contribution >= 0.6 is 11.8 Å². The predicted octanol–water partition coefficient (Wildman–Crippen LogP) is 3.38. The lowest BCUT2D eigenvalue weighted by atomic mass is 9.92. The maximum atomic E-state index is 4.69. The van der Waals surface area contributed by atoms with Crippen LogP contribution in [0.3, 0.4) is 0 Å². The molecule has 0 saturated carbocycles. The van der Waals surface area contributed by atoms with Crippen LogP contribution in [-0.4, -0.2) is 28.6 Å². The Morgan fingerprint density at radius 3 is 3.21 bits per heavy atom. The lowest BCUT2D eigenvalue weighted by Gasteiger charge is -2.30. The Labute approximate surface area is 120 Å². The number of rotatable bonds is 5. The van der Waals surface area contributed by atoms with Crippen LogP contribution in [0.5, 0.6) is 0 Å². The third-order valence-corrected chi connectivity index (χ3v) is 5.91. The Bertz CT molecular complexity index is 415. The first-order valence-electron chi connectivity index (χ1n) is 7.69. The number of hydrogen-bond acceptors (Lipinski definition) is 3. The summed E-state index contributed by atoms with van der Waals surface area (Å²) in [5.41, 5.74) is 2.86. The van der Waals surface area contributed by atoms with Gasteiger partial charge in [0, 0.05) is 29.1 Å². The highest BCUT2D eigenvalue weighted by Crippen LogP contribution is 2.40. The Morgan fingerprint density at radius 1 is 1.47 bits per heavy atom. The third kappa shape index (κ3) is 2.82. The lowest BCUT2D eigenvalue weighted by molar-refractivity contribution is 0.406. The van der Waals surface area contributed by atoms with E-state index in [1.54, 1.807) is 0 Å². The van der Waals surface area contributed by atoms with Crippen LogP contribution < -0.4 is 5.32 Å². The molecule has 0 bridgehead atoms. The Kier molecular flexibility index (Phi) is 4.44. The minimum absolute atomic E-state index is 0.628. The van der Waals surface area contributed by atoms with Gasteiger partial charge in [-0.2, -0.15) is 11.8 Å². The molecule has 3 rings (SSSR count). The van der Waals surface area contributed by atoms with E-state index in [4.69, 9.17) is 4.98 Å². The van der Waals surface area contributed by atoms with Gasteiger partial charge in [-0.3, -0.25) is 4.98 Å². The smallest absolute Gasteiger partial charge is 0.0482 e. The number of nitrogens with zero attached hydrogens (tertiary/aromatic N) is 1. The summed E-state index contributed by atoms with van der Waals surface area (Å²) in [7, 11) is 0. The van der Waals surface area contributed by atoms with Gasteiger partial charge < -0.3 is 5.32 Å². The second-order valence-electron chi connectivity index (χ2n) is 5.72. The molecular formula is C16H24N2S. The molecule has 1 N–H and O–H groups in total. The SMILES string of the molecule is CCCNC(C1CCCS1)C1CCc2cccnc21. The summed E-state index contributed by atoms with van der Waals surface area (Å²) in [4.78, 5) is 4.69. The van der Waals surface area contributed by atoms with E-state index in [1.807, 2.05) is 6.20 Å². The molecule has 0 spiro atoms. The van der Waals surface area contributed by atoms with E-state index in [1.165, 1.54) is 49.1 Å². The summed E-state index contributed by atoms with van der Waals surface area (Å²) >= 11 is 2.17. The molecule has 1 aliphatic heterocycles. The van der Waals surface area contributed by atoms with Gasteiger partial charge in [-0.1, -0.05) is 13.0 Å². The van der Waals surface area contributed by atoms with Gasteiger partial charge in [0.15, 0.2) is 0 Å². The summed E-state index contributed by atoms with van der Waals surface area (Å²) in [5, 5.41) is 4.63. The van der Waals surface area contributed by atoms with Gasteiger partial charge in [0.2, 0.25) is 0 Å². The van der Waals surface area contributed by atoms with Gasteiger partial charge in [0.1, 0.15) is 0 Å². The lowest BCUT2D eigenvalue weighted by Crippen LogP contribution is -2.42. The van der Waals surface area contributed by atoms with E-state index in [0.29, 0.717) is 12.0 Å². The van der Waals surface area contributed by atoms with Gasteiger partial charge in [-0.15, -0.1) is 0 Å². The highest BCUT2D eigenvalue weighted by molar-refractivity contribution is 8.00. The molecule has 2 aliphatic rings. The van der Waals surface area contributed by atoms with E-state index in [-0.39, 0.29) is 0 Å². The van der Waals surface area contributed by atoms with Crippen LogP contribution in [0.15, 0.2) is 18.3 Å². The van der Waals surface area contributed by atoms with Gasteiger partial charge in [0.05, 0.1) is 0 Å². The zero-order valence-corrected chi connectivity index (χ0v) is 12.6. The summed E-state index contributed by atoms with van der Waals surface area (Å²) in [6, 6.07) is 4.98. The molecule has 1 fully saturated rings. The highest BCUT2D eigenvalue weighted by atomic mass is 32.2. The van der Waals surface area contributed by atoms with Crippen molar-refractivity contribution in [1.29, 1.82) is 0 Å². The maximum Gasteiger partial charge on any atom is 0.0482 e. The molecule has 0 radical (unpaired) electrons. The van der Waals surface area contributed by atoms with Crippen LogP contribution in [0.4, 0.5) is 0 Å². The third-order valence-electron chi connectivity index (χ3n) is 4.43. The summed E-state index contributed by atoms with van der Waals surface area (Å²) < 4.78 is 0. The van der Waals surface area contributed by atoms with E-state index < -0.39 is 0 Å². The summed E-state index contributed by atoms with van der Waals surface area (Å²) in [6.45, 7) is 3.40. The van der Waals surface area contributed by atoms with E-state index >= 15 is 0 Å². The van der Waals surface area contributed by atoms with Crippen molar-refractivity contribution in [3.63, 3.8) is 0 Å². The molecule has 1 aliphatic carbocycles. The second kappa shape index (κ2) is 6.27. The average molecular weight is 276 g/mol. The van der Waals surface area contributed by atoms with Crippen molar-refractivity contribution >= 4 is 11.8 Å². The molecule has 3 heteroatoms. The van der Waals surface area contributed by atoms with Crippen molar-refractivity contribution in [2.45, 2.75) is 56.2 Å². The number of fused-ring (bicyclic) bond motifs is 1. The van der Waals surface area contributed by atoms with Crippen molar-refractivity contribution in [2.24, 2.45) is 0 Å². The summed E-state index contributed by atoms with van der Waals surface area (Å²) in [5.74, 6) is 1.98. The molecule has 1 saturated heterocycles. The topological polar surface area (TPSA) is 24.9 Å². The first kappa shape index (κ1) is 13.4. The molecule has 0 amide bonds. The molecule has 104 valence electrons. The molecule has 1 aromatic rings. The van der Waals surface area contributed by atoms with Crippen molar-refractivity contribution in [1.82, 2.24) is 10.3 Å². The number of pyridine rings is 1. The Hall–Kier alpha value is -0.540. The number of thioether (sulfide) groups is 1. The van der Waals surface area contributed by atoms with Crippen molar-refractivity contribution in [2.75, 3.05) is 12.3 Å². The number of nitrogens with one attached hydrogen (secondary N) is 1. The predicted molar refractivity (Wildman–Crippen MR) is 82.9 cm³/mol. The monoisotopic (exact) mass is 276 g/mol. The molecule has 2 heterocycles. The zero-order chi connectivity index (χ0) is 13.1. The number of aromatic nitrogens is 1. The largest absolute Gasteiger partial charge is 0.312 e. The minimum Gasteiger partial charge on any atom is -0.312 e.